The summed E-state index contributed by atoms with van der Waals surface area (Å²) in [6.45, 7) is 4.71. The Morgan fingerprint density at radius 3 is 2.50 bits per heavy atom. The van der Waals surface area contributed by atoms with Gasteiger partial charge >= 0.3 is 0 Å². The molecule has 2 aliphatic heterocycles. The van der Waals surface area contributed by atoms with Crippen LogP contribution in [0, 0.1) is 0 Å². The number of likely N-dealkylation sites (N-methyl/N-ethyl adjacent to an activating group) is 1. The van der Waals surface area contributed by atoms with Crippen molar-refractivity contribution in [2.45, 2.75) is 82.5 Å². The molecule has 22 heavy (non-hydrogen) atoms. The maximum Gasteiger partial charge on any atom is 0.243 e. The average molecular weight is 307 g/mol. The Labute approximate surface area is 133 Å². The Morgan fingerprint density at radius 2 is 1.82 bits per heavy atom. The molecule has 2 bridgehead atoms. The number of carbonyl (C=O) groups is 2. The van der Waals surface area contributed by atoms with E-state index in [1.807, 2.05) is 18.7 Å². The van der Waals surface area contributed by atoms with E-state index in [1.54, 1.807) is 0 Å². The molecule has 2 heterocycles. The van der Waals surface area contributed by atoms with Crippen LogP contribution in [-0.4, -0.2) is 58.9 Å². The fourth-order valence-corrected chi connectivity index (χ4v) is 4.43. The molecular weight excluding hydrogens is 278 g/mol. The lowest BCUT2D eigenvalue weighted by atomic mass is 9.97. The highest BCUT2D eigenvalue weighted by Crippen LogP contribution is 2.34. The zero-order chi connectivity index (χ0) is 15.9. The molecule has 0 unspecified atom stereocenters. The Bertz CT molecular complexity index is 457. The number of nitrogens with zero attached hydrogens (tertiary/aromatic N) is 2. The van der Waals surface area contributed by atoms with E-state index < -0.39 is 5.54 Å². The van der Waals surface area contributed by atoms with Crippen LogP contribution in [0.1, 0.15) is 58.8 Å². The minimum absolute atomic E-state index is 0.0898. The third-order valence-electron chi connectivity index (χ3n) is 6.09. The molecule has 0 aromatic carbocycles. The van der Waals surface area contributed by atoms with Gasteiger partial charge in [0.05, 0.1) is 5.54 Å². The molecule has 1 N–H and O–H groups in total. The van der Waals surface area contributed by atoms with E-state index in [0.717, 1.165) is 12.8 Å². The molecule has 1 saturated carbocycles. The van der Waals surface area contributed by atoms with Gasteiger partial charge in [-0.05, 0) is 46.6 Å². The van der Waals surface area contributed by atoms with Crippen LogP contribution in [0.4, 0.5) is 0 Å². The second-order valence-electron chi connectivity index (χ2n) is 7.71. The molecule has 0 radical (unpaired) electrons. The predicted octanol–water partition coefficient (Wildman–Crippen LogP) is 1.52. The Kier molecular flexibility index (Phi) is 4.19. The molecule has 2 saturated heterocycles. The first-order valence-electron chi connectivity index (χ1n) is 8.73. The third kappa shape index (κ3) is 2.64. The standard InChI is InChI=1S/C17H29N3O2/c1-17(2,19(3)12-6-4-5-7-12)16(22)20-13-8-9-14(20)11-18-15(21)10-13/h12-14H,4-11H2,1-3H3,(H,18,21)/t13-,14-/m0/s1. The number of hydrogen-bond acceptors (Lipinski definition) is 3. The first-order valence-corrected chi connectivity index (χ1v) is 8.73. The average Bonchev–Trinajstić information content (AvgIpc) is 3.08. The molecule has 2 atom stereocenters. The van der Waals surface area contributed by atoms with Gasteiger partial charge < -0.3 is 10.2 Å². The van der Waals surface area contributed by atoms with E-state index in [-0.39, 0.29) is 23.9 Å². The summed E-state index contributed by atoms with van der Waals surface area (Å²) in [5, 5.41) is 2.95. The summed E-state index contributed by atoms with van der Waals surface area (Å²) >= 11 is 0. The van der Waals surface area contributed by atoms with Gasteiger partial charge in [-0.3, -0.25) is 14.5 Å². The van der Waals surface area contributed by atoms with Gasteiger partial charge in [-0.1, -0.05) is 12.8 Å². The quantitative estimate of drug-likeness (QED) is 0.860. The fraction of sp³-hybridized carbons (Fsp3) is 0.882. The minimum atomic E-state index is -0.497. The van der Waals surface area contributed by atoms with Crippen LogP contribution in [0.15, 0.2) is 0 Å². The molecule has 5 heteroatoms. The number of fused-ring (bicyclic) bond motifs is 2. The van der Waals surface area contributed by atoms with Gasteiger partial charge in [0.1, 0.15) is 0 Å². The lowest BCUT2D eigenvalue weighted by Crippen LogP contribution is -2.59. The van der Waals surface area contributed by atoms with Gasteiger partial charge in [-0.25, -0.2) is 0 Å². The van der Waals surface area contributed by atoms with Crippen LogP contribution in [0.25, 0.3) is 0 Å². The summed E-state index contributed by atoms with van der Waals surface area (Å²) in [6.07, 6.45) is 7.37. The summed E-state index contributed by atoms with van der Waals surface area (Å²) in [5.41, 5.74) is -0.497. The number of carbonyl (C=O) groups excluding carboxylic acids is 2. The summed E-state index contributed by atoms with van der Waals surface area (Å²) < 4.78 is 0. The molecule has 0 aromatic rings. The van der Waals surface area contributed by atoms with Crippen LogP contribution in [0.3, 0.4) is 0 Å². The SMILES string of the molecule is CN(C1CCCC1)C(C)(C)C(=O)N1[C@H]2CC[C@H]1CC(=O)NC2. The monoisotopic (exact) mass is 307 g/mol. The lowest BCUT2D eigenvalue weighted by molar-refractivity contribution is -0.146. The van der Waals surface area contributed by atoms with Crippen LogP contribution >= 0.6 is 0 Å². The van der Waals surface area contributed by atoms with Gasteiger partial charge in [0, 0.05) is 31.1 Å². The number of amides is 2. The van der Waals surface area contributed by atoms with Crippen molar-refractivity contribution in [2.24, 2.45) is 0 Å². The van der Waals surface area contributed by atoms with Crippen LogP contribution in [-0.2, 0) is 9.59 Å². The van der Waals surface area contributed by atoms with E-state index in [4.69, 9.17) is 0 Å². The highest BCUT2D eigenvalue weighted by molar-refractivity contribution is 5.88. The highest BCUT2D eigenvalue weighted by Gasteiger charge is 2.47. The molecule has 1 aliphatic carbocycles. The van der Waals surface area contributed by atoms with Crippen molar-refractivity contribution in [3.63, 3.8) is 0 Å². The summed E-state index contributed by atoms with van der Waals surface area (Å²) in [5.74, 6) is 0.290. The van der Waals surface area contributed by atoms with E-state index in [2.05, 4.69) is 17.3 Å². The molecule has 3 aliphatic rings. The smallest absolute Gasteiger partial charge is 0.243 e. The molecular formula is C17H29N3O2. The first kappa shape index (κ1) is 15.8. The first-order chi connectivity index (χ1) is 10.4. The molecule has 2 amide bonds. The third-order valence-corrected chi connectivity index (χ3v) is 6.09. The largest absolute Gasteiger partial charge is 0.354 e. The fourth-order valence-electron chi connectivity index (χ4n) is 4.43. The maximum absolute atomic E-state index is 13.3. The number of nitrogens with one attached hydrogen (secondary N) is 1. The van der Waals surface area contributed by atoms with Crippen LogP contribution < -0.4 is 5.32 Å². The maximum atomic E-state index is 13.3. The Balaban J connectivity index is 1.78. The topological polar surface area (TPSA) is 52.7 Å². The van der Waals surface area contributed by atoms with E-state index in [1.165, 1.54) is 25.7 Å². The predicted molar refractivity (Wildman–Crippen MR) is 85.4 cm³/mol. The second kappa shape index (κ2) is 5.84. The van der Waals surface area contributed by atoms with Crippen molar-refractivity contribution < 1.29 is 9.59 Å². The second-order valence-corrected chi connectivity index (χ2v) is 7.71. The van der Waals surface area contributed by atoms with E-state index in [9.17, 15) is 9.59 Å². The van der Waals surface area contributed by atoms with Crippen molar-refractivity contribution in [3.05, 3.63) is 0 Å². The van der Waals surface area contributed by atoms with Crippen molar-refractivity contribution in [2.75, 3.05) is 13.6 Å². The Hall–Kier alpha value is -1.10. The molecule has 5 nitrogen and oxygen atoms in total. The molecule has 124 valence electrons. The van der Waals surface area contributed by atoms with Gasteiger partial charge in [0.2, 0.25) is 11.8 Å². The lowest BCUT2D eigenvalue weighted by Gasteiger charge is -2.43. The van der Waals surface area contributed by atoms with Crippen molar-refractivity contribution in [3.8, 4) is 0 Å². The van der Waals surface area contributed by atoms with Crippen molar-refractivity contribution in [1.29, 1.82) is 0 Å². The van der Waals surface area contributed by atoms with Crippen LogP contribution in [0.5, 0.6) is 0 Å². The zero-order valence-corrected chi connectivity index (χ0v) is 14.1. The van der Waals surface area contributed by atoms with Gasteiger partial charge in [-0.15, -0.1) is 0 Å². The van der Waals surface area contributed by atoms with Gasteiger partial charge in [-0.2, -0.15) is 0 Å². The van der Waals surface area contributed by atoms with E-state index in [0.29, 0.717) is 19.0 Å². The summed E-state index contributed by atoms with van der Waals surface area (Å²) in [7, 11) is 2.09. The zero-order valence-electron chi connectivity index (χ0n) is 14.1. The molecule has 0 aromatic heterocycles. The molecule has 3 rings (SSSR count). The molecule has 3 fully saturated rings. The van der Waals surface area contributed by atoms with E-state index >= 15 is 0 Å². The van der Waals surface area contributed by atoms with Crippen LogP contribution in [0.2, 0.25) is 0 Å². The summed E-state index contributed by atoms with van der Waals surface area (Å²) in [6, 6.07) is 0.791. The van der Waals surface area contributed by atoms with Gasteiger partial charge in [0.15, 0.2) is 0 Å². The van der Waals surface area contributed by atoms with Crippen molar-refractivity contribution >= 4 is 11.8 Å². The molecule has 0 spiro atoms. The minimum Gasteiger partial charge on any atom is -0.354 e. The highest BCUT2D eigenvalue weighted by atomic mass is 16.2. The summed E-state index contributed by atoms with van der Waals surface area (Å²) in [4.78, 5) is 29.4. The normalized spacial score (nSPS) is 29.8. The number of rotatable bonds is 3. The number of hydrogen-bond donors (Lipinski definition) is 1. The van der Waals surface area contributed by atoms with Crippen molar-refractivity contribution in [1.82, 2.24) is 15.1 Å². The Morgan fingerprint density at radius 1 is 1.18 bits per heavy atom. The van der Waals surface area contributed by atoms with Gasteiger partial charge in [0.25, 0.3) is 0 Å².